The Balaban J connectivity index is 1.90. The van der Waals surface area contributed by atoms with Gasteiger partial charge >= 0.3 is 0 Å². The zero-order valence-corrected chi connectivity index (χ0v) is 13.4. The molecular formula is C16H23ClN2O2. The number of hydrogen-bond acceptors (Lipinski definition) is 3. The number of nitrogens with one attached hydrogen (secondary N) is 2. The van der Waals surface area contributed by atoms with Gasteiger partial charge in [-0.25, -0.2) is 0 Å². The summed E-state index contributed by atoms with van der Waals surface area (Å²) < 4.78 is 5.63. The molecular weight excluding hydrogens is 288 g/mol. The number of ether oxygens (including phenoxy) is 1. The summed E-state index contributed by atoms with van der Waals surface area (Å²) in [5, 5.41) is 6.80. The highest BCUT2D eigenvalue weighted by molar-refractivity contribution is 6.32. The predicted octanol–water partition coefficient (Wildman–Crippen LogP) is 2.74. The first-order valence-corrected chi connectivity index (χ1v) is 7.84. The van der Waals surface area contributed by atoms with E-state index in [-0.39, 0.29) is 12.5 Å². The molecule has 0 unspecified atom stereocenters. The van der Waals surface area contributed by atoms with Crippen molar-refractivity contribution in [3.63, 3.8) is 0 Å². The molecule has 21 heavy (non-hydrogen) atoms. The Bertz CT molecular complexity index is 487. The number of hydrogen-bond donors (Lipinski definition) is 2. The van der Waals surface area contributed by atoms with Crippen LogP contribution in [0.5, 0.6) is 5.75 Å². The largest absolute Gasteiger partial charge is 0.482 e. The van der Waals surface area contributed by atoms with Crippen LogP contribution in [-0.2, 0) is 11.3 Å². The molecule has 116 valence electrons. The molecule has 2 rings (SSSR count). The second kappa shape index (κ2) is 7.66. The quantitative estimate of drug-likeness (QED) is 0.776. The molecule has 0 bridgehead atoms. The van der Waals surface area contributed by atoms with Crippen molar-refractivity contribution in [2.75, 3.05) is 13.2 Å². The first kappa shape index (κ1) is 16.1. The maximum absolute atomic E-state index is 11.7. The summed E-state index contributed by atoms with van der Waals surface area (Å²) in [5.74, 6) is 1.10. The van der Waals surface area contributed by atoms with Crippen LogP contribution in [0.3, 0.4) is 0 Å². The van der Waals surface area contributed by atoms with Crippen LogP contribution >= 0.6 is 11.6 Å². The van der Waals surface area contributed by atoms with Gasteiger partial charge in [0.2, 0.25) is 0 Å². The van der Waals surface area contributed by atoms with E-state index in [0.29, 0.717) is 29.3 Å². The number of para-hydroxylation sites is 1. The summed E-state index contributed by atoms with van der Waals surface area (Å²) in [4.78, 5) is 11.7. The van der Waals surface area contributed by atoms with Crippen molar-refractivity contribution < 1.29 is 9.53 Å². The van der Waals surface area contributed by atoms with Crippen molar-refractivity contribution >= 4 is 17.5 Å². The maximum atomic E-state index is 11.7. The summed E-state index contributed by atoms with van der Waals surface area (Å²) in [6.07, 6.45) is 2.14. The molecule has 1 aliphatic carbocycles. The van der Waals surface area contributed by atoms with Gasteiger partial charge in [-0.1, -0.05) is 37.6 Å². The fourth-order valence-electron chi connectivity index (χ4n) is 1.98. The Morgan fingerprint density at radius 2 is 2.19 bits per heavy atom. The van der Waals surface area contributed by atoms with E-state index in [4.69, 9.17) is 16.3 Å². The number of rotatable bonds is 8. The second-order valence-corrected chi connectivity index (χ2v) is 6.29. The van der Waals surface area contributed by atoms with Gasteiger partial charge in [0.25, 0.3) is 5.91 Å². The van der Waals surface area contributed by atoms with Gasteiger partial charge in [0.05, 0.1) is 5.02 Å². The van der Waals surface area contributed by atoms with Gasteiger partial charge in [-0.3, -0.25) is 4.79 Å². The van der Waals surface area contributed by atoms with Crippen LogP contribution in [0, 0.1) is 5.92 Å². The minimum atomic E-state index is -0.0847. The van der Waals surface area contributed by atoms with Crippen LogP contribution in [-0.4, -0.2) is 25.1 Å². The summed E-state index contributed by atoms with van der Waals surface area (Å²) in [7, 11) is 0. The third-order valence-corrected chi connectivity index (χ3v) is 3.50. The summed E-state index contributed by atoms with van der Waals surface area (Å²) in [6, 6.07) is 5.99. The van der Waals surface area contributed by atoms with Gasteiger partial charge in [0.15, 0.2) is 6.61 Å². The lowest BCUT2D eigenvalue weighted by Gasteiger charge is -2.14. The van der Waals surface area contributed by atoms with Crippen molar-refractivity contribution in [1.82, 2.24) is 10.6 Å². The SMILES string of the molecule is CC(C)CNCc1cccc(Cl)c1OCC(=O)NC1CC1. The Hall–Kier alpha value is -1.26. The Kier molecular flexibility index (Phi) is 5.88. The van der Waals surface area contributed by atoms with Crippen molar-refractivity contribution in [2.24, 2.45) is 5.92 Å². The second-order valence-electron chi connectivity index (χ2n) is 5.88. The Morgan fingerprint density at radius 3 is 2.86 bits per heavy atom. The van der Waals surface area contributed by atoms with Gasteiger partial charge in [-0.15, -0.1) is 0 Å². The van der Waals surface area contributed by atoms with E-state index in [9.17, 15) is 4.79 Å². The normalized spacial score (nSPS) is 14.3. The highest BCUT2D eigenvalue weighted by Crippen LogP contribution is 2.28. The van der Waals surface area contributed by atoms with Crippen molar-refractivity contribution in [3.8, 4) is 5.75 Å². The number of halogens is 1. The van der Waals surface area contributed by atoms with Crippen LogP contribution < -0.4 is 15.4 Å². The Labute approximate surface area is 131 Å². The molecule has 1 aliphatic rings. The number of carbonyl (C=O) groups excluding carboxylic acids is 1. The van der Waals surface area contributed by atoms with Gasteiger partial charge in [-0.2, -0.15) is 0 Å². The maximum Gasteiger partial charge on any atom is 0.258 e. The lowest BCUT2D eigenvalue weighted by molar-refractivity contribution is -0.123. The van der Waals surface area contributed by atoms with E-state index in [0.717, 1.165) is 24.9 Å². The van der Waals surface area contributed by atoms with Crippen LogP contribution in [0.25, 0.3) is 0 Å². The third-order valence-electron chi connectivity index (χ3n) is 3.21. The van der Waals surface area contributed by atoms with Crippen molar-refractivity contribution in [3.05, 3.63) is 28.8 Å². The molecule has 5 heteroatoms. The fourth-order valence-corrected chi connectivity index (χ4v) is 2.23. The van der Waals surface area contributed by atoms with E-state index in [2.05, 4.69) is 24.5 Å². The molecule has 0 spiro atoms. The van der Waals surface area contributed by atoms with E-state index >= 15 is 0 Å². The molecule has 0 radical (unpaired) electrons. The van der Waals surface area contributed by atoms with E-state index < -0.39 is 0 Å². The molecule has 0 heterocycles. The molecule has 0 saturated heterocycles. The van der Waals surface area contributed by atoms with Crippen LogP contribution in [0.4, 0.5) is 0 Å². The fraction of sp³-hybridized carbons (Fsp3) is 0.562. The molecule has 1 fully saturated rings. The number of carbonyl (C=O) groups is 1. The van der Waals surface area contributed by atoms with E-state index in [1.165, 1.54) is 0 Å². The lowest BCUT2D eigenvalue weighted by Crippen LogP contribution is -2.30. The number of amides is 1. The minimum absolute atomic E-state index is 0.0113. The van der Waals surface area contributed by atoms with Crippen LogP contribution in [0.2, 0.25) is 5.02 Å². The van der Waals surface area contributed by atoms with Gasteiger partial charge in [0, 0.05) is 18.2 Å². The van der Waals surface area contributed by atoms with E-state index in [1.807, 2.05) is 12.1 Å². The van der Waals surface area contributed by atoms with Gasteiger partial charge < -0.3 is 15.4 Å². The standard InChI is InChI=1S/C16H23ClN2O2/c1-11(2)8-18-9-12-4-3-5-14(17)16(12)21-10-15(20)19-13-6-7-13/h3-5,11,13,18H,6-10H2,1-2H3,(H,19,20). The number of benzene rings is 1. The average Bonchev–Trinajstić information content (AvgIpc) is 3.21. The molecule has 1 aromatic rings. The molecule has 2 N–H and O–H groups in total. The highest BCUT2D eigenvalue weighted by Gasteiger charge is 2.23. The molecule has 4 nitrogen and oxygen atoms in total. The molecule has 0 aliphatic heterocycles. The smallest absolute Gasteiger partial charge is 0.258 e. The van der Waals surface area contributed by atoms with Gasteiger partial charge in [0.1, 0.15) is 5.75 Å². The Morgan fingerprint density at radius 1 is 1.43 bits per heavy atom. The molecule has 1 amide bonds. The van der Waals surface area contributed by atoms with Gasteiger partial charge in [-0.05, 0) is 31.4 Å². The van der Waals surface area contributed by atoms with E-state index in [1.54, 1.807) is 6.07 Å². The van der Waals surface area contributed by atoms with Crippen molar-refractivity contribution in [2.45, 2.75) is 39.3 Å². The minimum Gasteiger partial charge on any atom is -0.482 e. The lowest BCUT2D eigenvalue weighted by atomic mass is 10.2. The van der Waals surface area contributed by atoms with Crippen molar-refractivity contribution in [1.29, 1.82) is 0 Å². The predicted molar refractivity (Wildman–Crippen MR) is 84.7 cm³/mol. The highest BCUT2D eigenvalue weighted by atomic mass is 35.5. The molecule has 0 atom stereocenters. The summed E-state index contributed by atoms with van der Waals surface area (Å²) in [5.41, 5.74) is 0.974. The van der Waals surface area contributed by atoms with Crippen LogP contribution in [0.15, 0.2) is 18.2 Å². The molecule has 1 saturated carbocycles. The first-order valence-electron chi connectivity index (χ1n) is 7.46. The monoisotopic (exact) mass is 310 g/mol. The summed E-state index contributed by atoms with van der Waals surface area (Å²) >= 11 is 6.19. The third kappa shape index (κ3) is 5.56. The zero-order chi connectivity index (χ0) is 15.2. The first-order chi connectivity index (χ1) is 10.1. The molecule has 1 aromatic carbocycles. The average molecular weight is 311 g/mol. The zero-order valence-electron chi connectivity index (χ0n) is 12.6. The summed E-state index contributed by atoms with van der Waals surface area (Å²) in [6.45, 7) is 5.93. The van der Waals surface area contributed by atoms with Crippen LogP contribution in [0.1, 0.15) is 32.3 Å². The molecule has 0 aromatic heterocycles. The topological polar surface area (TPSA) is 50.4 Å².